The highest BCUT2D eigenvalue weighted by molar-refractivity contribution is 5.75. The van der Waals surface area contributed by atoms with Crippen LogP contribution in [0.3, 0.4) is 0 Å². The van der Waals surface area contributed by atoms with Crippen LogP contribution in [0.1, 0.15) is 31.2 Å². The Morgan fingerprint density at radius 1 is 1.14 bits per heavy atom. The molecule has 1 amide bonds. The first kappa shape index (κ1) is 21.7. The predicted molar refractivity (Wildman–Crippen MR) is 110 cm³/mol. The lowest BCUT2D eigenvalue weighted by atomic mass is 10.1. The molecule has 1 atom stereocenters. The van der Waals surface area contributed by atoms with Crippen molar-refractivity contribution in [1.29, 1.82) is 0 Å². The summed E-state index contributed by atoms with van der Waals surface area (Å²) in [7, 11) is 0. The fourth-order valence-corrected chi connectivity index (χ4v) is 2.72. The van der Waals surface area contributed by atoms with Crippen LogP contribution >= 0.6 is 0 Å². The van der Waals surface area contributed by atoms with Crippen molar-refractivity contribution in [2.75, 3.05) is 13.1 Å². The van der Waals surface area contributed by atoms with Gasteiger partial charge >= 0.3 is 0 Å². The number of benzene rings is 1. The van der Waals surface area contributed by atoms with Crippen molar-refractivity contribution in [3.05, 3.63) is 64.6 Å². The molecule has 7 heteroatoms. The lowest BCUT2D eigenvalue weighted by Gasteiger charge is -2.10. The summed E-state index contributed by atoms with van der Waals surface area (Å²) in [6.45, 7) is 1.72. The summed E-state index contributed by atoms with van der Waals surface area (Å²) in [5.41, 5.74) is 12.0. The van der Waals surface area contributed by atoms with Gasteiger partial charge in [-0.3, -0.25) is 9.59 Å². The van der Waals surface area contributed by atoms with Gasteiger partial charge in [0.25, 0.3) is 5.56 Å². The maximum atomic E-state index is 12.5. The van der Waals surface area contributed by atoms with Crippen molar-refractivity contribution in [2.45, 2.75) is 44.9 Å². The number of ether oxygens (including phenoxy) is 1. The third-order valence-corrected chi connectivity index (χ3v) is 4.43. The molecule has 1 unspecified atom stereocenters. The molecule has 152 valence electrons. The summed E-state index contributed by atoms with van der Waals surface area (Å²) < 4.78 is 7.14. The van der Waals surface area contributed by atoms with Crippen LogP contribution in [-0.4, -0.2) is 29.6 Å². The molecule has 0 saturated heterocycles. The second kappa shape index (κ2) is 11.9. The SMILES string of the molecule is NCC(N)CCCCNC(=O)CCn1cccc(OCc2ccccc2)c1=O. The fraction of sp³-hybridized carbons (Fsp3) is 0.429. The second-order valence-electron chi connectivity index (χ2n) is 6.74. The molecule has 5 N–H and O–H groups in total. The van der Waals surface area contributed by atoms with E-state index in [1.807, 2.05) is 30.3 Å². The molecule has 2 rings (SSSR count). The predicted octanol–water partition coefficient (Wildman–Crippen LogP) is 1.39. The van der Waals surface area contributed by atoms with Gasteiger partial charge in [0.05, 0.1) is 0 Å². The van der Waals surface area contributed by atoms with Crippen LogP contribution in [0.25, 0.3) is 0 Å². The van der Waals surface area contributed by atoms with Gasteiger partial charge in [0.15, 0.2) is 5.75 Å². The number of aromatic nitrogens is 1. The first-order valence-corrected chi connectivity index (χ1v) is 9.68. The third kappa shape index (κ3) is 7.54. The molecule has 7 nitrogen and oxygen atoms in total. The van der Waals surface area contributed by atoms with E-state index in [-0.39, 0.29) is 29.7 Å². The number of hydrogen-bond donors (Lipinski definition) is 3. The van der Waals surface area contributed by atoms with Crippen LogP contribution in [0.15, 0.2) is 53.5 Å². The van der Waals surface area contributed by atoms with E-state index in [1.165, 1.54) is 4.57 Å². The molecule has 0 spiro atoms. The van der Waals surface area contributed by atoms with Crippen LogP contribution in [0.2, 0.25) is 0 Å². The fourth-order valence-electron chi connectivity index (χ4n) is 2.72. The molecule has 0 aliphatic heterocycles. The number of hydrogen-bond acceptors (Lipinski definition) is 5. The van der Waals surface area contributed by atoms with Gasteiger partial charge in [-0.05, 0) is 30.5 Å². The number of nitrogens with two attached hydrogens (primary N) is 2. The van der Waals surface area contributed by atoms with Crippen molar-refractivity contribution in [1.82, 2.24) is 9.88 Å². The first-order chi connectivity index (χ1) is 13.6. The van der Waals surface area contributed by atoms with Crippen LogP contribution in [-0.2, 0) is 17.9 Å². The number of pyridine rings is 1. The second-order valence-corrected chi connectivity index (χ2v) is 6.74. The van der Waals surface area contributed by atoms with Gasteiger partial charge in [-0.15, -0.1) is 0 Å². The normalized spacial score (nSPS) is 11.8. The minimum atomic E-state index is -0.234. The van der Waals surface area contributed by atoms with E-state index in [9.17, 15) is 9.59 Å². The molecule has 0 aliphatic carbocycles. The van der Waals surface area contributed by atoms with Crippen molar-refractivity contribution in [3.8, 4) is 5.75 Å². The highest BCUT2D eigenvalue weighted by Crippen LogP contribution is 2.07. The number of carbonyl (C=O) groups is 1. The van der Waals surface area contributed by atoms with E-state index in [1.54, 1.807) is 18.3 Å². The van der Waals surface area contributed by atoms with Crippen LogP contribution in [0.4, 0.5) is 0 Å². The quantitative estimate of drug-likeness (QED) is 0.477. The maximum Gasteiger partial charge on any atom is 0.292 e. The Balaban J connectivity index is 1.74. The van der Waals surface area contributed by atoms with E-state index in [4.69, 9.17) is 16.2 Å². The first-order valence-electron chi connectivity index (χ1n) is 9.68. The lowest BCUT2D eigenvalue weighted by Crippen LogP contribution is -2.30. The number of nitrogens with zero attached hydrogens (tertiary/aromatic N) is 1. The summed E-state index contributed by atoms with van der Waals surface area (Å²) in [6.07, 6.45) is 4.56. The standard InChI is InChI=1S/C21H30N4O3/c22-15-18(23)9-4-5-12-24-20(26)11-14-25-13-6-10-19(21(25)27)28-16-17-7-2-1-3-8-17/h1-3,6-8,10,13,18H,4-5,9,11-12,14-16,22-23H2,(H,24,26). The highest BCUT2D eigenvalue weighted by atomic mass is 16.5. The van der Waals surface area contributed by atoms with Crippen LogP contribution in [0.5, 0.6) is 5.75 Å². The molecule has 0 saturated carbocycles. The Morgan fingerprint density at radius 2 is 1.93 bits per heavy atom. The Morgan fingerprint density at radius 3 is 2.68 bits per heavy atom. The van der Waals surface area contributed by atoms with E-state index in [0.29, 0.717) is 26.2 Å². The largest absolute Gasteiger partial charge is 0.483 e. The van der Waals surface area contributed by atoms with Gasteiger partial charge in [0, 0.05) is 38.3 Å². The van der Waals surface area contributed by atoms with Crippen molar-refractivity contribution in [2.24, 2.45) is 11.5 Å². The zero-order valence-electron chi connectivity index (χ0n) is 16.2. The summed E-state index contributed by atoms with van der Waals surface area (Å²) in [5.74, 6) is 0.202. The van der Waals surface area contributed by atoms with Crippen molar-refractivity contribution >= 4 is 5.91 Å². The minimum Gasteiger partial charge on any atom is -0.483 e. The molecule has 1 aromatic heterocycles. The monoisotopic (exact) mass is 386 g/mol. The highest BCUT2D eigenvalue weighted by Gasteiger charge is 2.07. The van der Waals surface area contributed by atoms with Gasteiger partial charge < -0.3 is 26.1 Å². The number of carbonyl (C=O) groups excluding carboxylic acids is 1. The molecule has 28 heavy (non-hydrogen) atoms. The molecule has 0 aliphatic rings. The topological polar surface area (TPSA) is 112 Å². The van der Waals surface area contributed by atoms with Gasteiger partial charge in [-0.25, -0.2) is 0 Å². The minimum absolute atomic E-state index is 0.0268. The van der Waals surface area contributed by atoms with Gasteiger partial charge in [0.2, 0.25) is 5.91 Å². The zero-order valence-corrected chi connectivity index (χ0v) is 16.2. The van der Waals surface area contributed by atoms with E-state index < -0.39 is 0 Å². The molecular weight excluding hydrogens is 356 g/mol. The van der Waals surface area contributed by atoms with Gasteiger partial charge in [-0.2, -0.15) is 0 Å². The van der Waals surface area contributed by atoms with E-state index in [0.717, 1.165) is 24.8 Å². The average molecular weight is 386 g/mol. The smallest absolute Gasteiger partial charge is 0.292 e. The maximum absolute atomic E-state index is 12.5. The Hall–Kier alpha value is -2.64. The molecular formula is C21H30N4O3. The van der Waals surface area contributed by atoms with E-state index >= 15 is 0 Å². The molecule has 2 aromatic rings. The number of unbranched alkanes of at least 4 members (excludes halogenated alkanes) is 1. The van der Waals surface area contributed by atoms with Crippen molar-refractivity contribution in [3.63, 3.8) is 0 Å². The molecule has 0 bridgehead atoms. The Bertz CT molecular complexity index is 777. The summed E-state index contributed by atoms with van der Waals surface area (Å²) in [4.78, 5) is 24.5. The number of aryl methyl sites for hydroxylation is 1. The zero-order chi connectivity index (χ0) is 20.2. The summed E-state index contributed by atoms with van der Waals surface area (Å²) in [5, 5.41) is 2.87. The van der Waals surface area contributed by atoms with Crippen molar-refractivity contribution < 1.29 is 9.53 Å². The summed E-state index contributed by atoms with van der Waals surface area (Å²) >= 11 is 0. The lowest BCUT2D eigenvalue weighted by molar-refractivity contribution is -0.121. The van der Waals surface area contributed by atoms with Crippen LogP contribution in [0, 0.1) is 0 Å². The molecule has 1 heterocycles. The number of amides is 1. The number of nitrogens with one attached hydrogen (secondary N) is 1. The van der Waals surface area contributed by atoms with Gasteiger partial charge in [0.1, 0.15) is 6.61 Å². The molecule has 0 radical (unpaired) electrons. The number of rotatable bonds is 12. The summed E-state index contributed by atoms with van der Waals surface area (Å²) in [6, 6.07) is 13.1. The van der Waals surface area contributed by atoms with Crippen LogP contribution < -0.4 is 27.1 Å². The van der Waals surface area contributed by atoms with E-state index in [2.05, 4.69) is 5.32 Å². The third-order valence-electron chi connectivity index (χ3n) is 4.43. The molecule has 0 fully saturated rings. The average Bonchev–Trinajstić information content (AvgIpc) is 2.72. The Labute approximate surface area is 165 Å². The Kier molecular flexibility index (Phi) is 9.24. The van der Waals surface area contributed by atoms with Gasteiger partial charge in [-0.1, -0.05) is 36.8 Å². The molecule has 1 aromatic carbocycles.